The largest absolute Gasteiger partial charge is 0.493 e. The number of aromatic nitrogens is 3. The molecule has 0 radical (unpaired) electrons. The molecule has 8 nitrogen and oxygen atoms in total. The molecule has 1 aliphatic heterocycles. The summed E-state index contributed by atoms with van der Waals surface area (Å²) in [6.07, 6.45) is 0.732. The van der Waals surface area contributed by atoms with Gasteiger partial charge in [0.1, 0.15) is 12.6 Å². The number of fused-ring (bicyclic) bond motifs is 1. The van der Waals surface area contributed by atoms with Gasteiger partial charge in [-0.3, -0.25) is 0 Å². The number of rotatable bonds is 10. The topological polar surface area (TPSA) is 87.5 Å². The van der Waals surface area contributed by atoms with Gasteiger partial charge >= 0.3 is 5.97 Å². The van der Waals surface area contributed by atoms with Crippen LogP contribution in [-0.4, -0.2) is 40.2 Å². The molecule has 0 saturated carbocycles. The quantitative estimate of drug-likeness (QED) is 0.258. The standard InChI is InChI=1S/C26H29ClN4O4S/c1-5-13-34-24(32)22-16(3)28-25-29-26(36-6-2)30-31(25)23(22)18-9-12-20(21(14-18)33-4)35-15-17-7-10-19(27)11-8-17/h7-12,14,23H,5-6,13,15H2,1-4H3,(H,28,29,30). The Labute approximate surface area is 220 Å². The van der Waals surface area contributed by atoms with E-state index >= 15 is 0 Å². The summed E-state index contributed by atoms with van der Waals surface area (Å²) in [7, 11) is 1.59. The molecular formula is C26H29ClN4O4S. The van der Waals surface area contributed by atoms with Crippen molar-refractivity contribution in [1.82, 2.24) is 14.8 Å². The lowest BCUT2D eigenvalue weighted by Gasteiger charge is -2.28. The molecule has 1 unspecified atom stereocenters. The molecule has 2 aromatic carbocycles. The minimum atomic E-state index is -0.538. The molecule has 3 aromatic rings. The van der Waals surface area contributed by atoms with E-state index in [1.165, 1.54) is 11.8 Å². The Bertz CT molecular complexity index is 1260. The van der Waals surface area contributed by atoms with Gasteiger partial charge in [0.05, 0.1) is 19.3 Å². The number of esters is 1. The summed E-state index contributed by atoms with van der Waals surface area (Å²) in [5.41, 5.74) is 2.94. The van der Waals surface area contributed by atoms with Crippen molar-refractivity contribution in [3.8, 4) is 11.5 Å². The van der Waals surface area contributed by atoms with E-state index in [2.05, 4.69) is 15.4 Å². The van der Waals surface area contributed by atoms with Crippen molar-refractivity contribution in [2.75, 3.05) is 24.8 Å². The molecule has 0 saturated heterocycles. The summed E-state index contributed by atoms with van der Waals surface area (Å²) in [5.74, 6) is 2.15. The van der Waals surface area contributed by atoms with E-state index in [-0.39, 0.29) is 5.97 Å². The second-order valence-electron chi connectivity index (χ2n) is 8.12. The van der Waals surface area contributed by atoms with Crippen molar-refractivity contribution >= 4 is 35.3 Å². The molecule has 0 fully saturated rings. The van der Waals surface area contributed by atoms with E-state index in [1.54, 1.807) is 11.8 Å². The molecular weight excluding hydrogens is 500 g/mol. The van der Waals surface area contributed by atoms with Crippen molar-refractivity contribution in [3.63, 3.8) is 0 Å². The summed E-state index contributed by atoms with van der Waals surface area (Å²) in [6.45, 7) is 6.55. The fourth-order valence-electron chi connectivity index (χ4n) is 3.88. The average Bonchev–Trinajstić information content (AvgIpc) is 3.28. The second-order valence-corrected chi connectivity index (χ2v) is 9.79. The van der Waals surface area contributed by atoms with Crippen LogP contribution in [0.5, 0.6) is 11.5 Å². The molecule has 10 heteroatoms. The van der Waals surface area contributed by atoms with E-state index in [1.807, 2.05) is 63.2 Å². The minimum absolute atomic E-state index is 0.338. The first-order valence-corrected chi connectivity index (χ1v) is 13.1. The van der Waals surface area contributed by atoms with Gasteiger partial charge in [0.25, 0.3) is 0 Å². The fourth-order valence-corrected chi connectivity index (χ4v) is 4.56. The Morgan fingerprint density at radius 2 is 1.94 bits per heavy atom. The number of hydrogen-bond acceptors (Lipinski definition) is 8. The second kappa shape index (κ2) is 11.7. The number of thioether (sulfide) groups is 1. The van der Waals surface area contributed by atoms with Gasteiger partial charge in [0, 0.05) is 10.7 Å². The number of nitrogens with one attached hydrogen (secondary N) is 1. The Balaban J connectivity index is 1.70. The van der Waals surface area contributed by atoms with Gasteiger partial charge in [-0.05, 0) is 54.5 Å². The zero-order chi connectivity index (χ0) is 25.7. The minimum Gasteiger partial charge on any atom is -0.493 e. The highest BCUT2D eigenvalue weighted by Gasteiger charge is 2.35. The smallest absolute Gasteiger partial charge is 0.338 e. The van der Waals surface area contributed by atoms with Gasteiger partial charge in [-0.15, -0.1) is 5.10 Å². The van der Waals surface area contributed by atoms with Crippen LogP contribution in [0.25, 0.3) is 0 Å². The predicted molar refractivity (Wildman–Crippen MR) is 141 cm³/mol. The molecule has 36 heavy (non-hydrogen) atoms. The van der Waals surface area contributed by atoms with E-state index in [0.717, 1.165) is 23.3 Å². The molecule has 0 amide bonds. The molecule has 2 heterocycles. The first kappa shape index (κ1) is 25.9. The van der Waals surface area contributed by atoms with Gasteiger partial charge in [-0.2, -0.15) is 4.98 Å². The SMILES string of the molecule is CCCOC(=O)C1=C(C)Nc2nc(SCC)nn2C1c1ccc(OCc2ccc(Cl)cc2)c(OC)c1. The lowest BCUT2D eigenvalue weighted by Crippen LogP contribution is -2.29. The van der Waals surface area contributed by atoms with Gasteiger partial charge in [0.15, 0.2) is 11.5 Å². The van der Waals surface area contributed by atoms with Crippen molar-refractivity contribution in [3.05, 3.63) is 69.9 Å². The predicted octanol–water partition coefficient (Wildman–Crippen LogP) is 5.87. The normalized spacial score (nSPS) is 14.8. The Morgan fingerprint density at radius 3 is 2.64 bits per heavy atom. The first-order chi connectivity index (χ1) is 17.4. The van der Waals surface area contributed by atoms with Crippen LogP contribution in [0, 0.1) is 0 Å². The highest BCUT2D eigenvalue weighted by atomic mass is 35.5. The number of carbonyl (C=O) groups excluding carboxylic acids is 1. The van der Waals surface area contributed by atoms with Crippen LogP contribution in [-0.2, 0) is 16.1 Å². The number of nitrogens with zero attached hydrogens (tertiary/aromatic N) is 3. The monoisotopic (exact) mass is 528 g/mol. The Kier molecular flexibility index (Phi) is 8.43. The summed E-state index contributed by atoms with van der Waals surface area (Å²) >= 11 is 7.52. The van der Waals surface area contributed by atoms with Crippen LogP contribution < -0.4 is 14.8 Å². The van der Waals surface area contributed by atoms with Crippen LogP contribution in [0.1, 0.15) is 44.4 Å². The highest BCUT2D eigenvalue weighted by Crippen LogP contribution is 2.40. The zero-order valence-electron chi connectivity index (χ0n) is 20.7. The molecule has 1 atom stereocenters. The number of carbonyl (C=O) groups is 1. The average molecular weight is 529 g/mol. The first-order valence-electron chi connectivity index (χ1n) is 11.7. The lowest BCUT2D eigenvalue weighted by molar-refractivity contribution is -0.139. The van der Waals surface area contributed by atoms with Crippen LogP contribution >= 0.6 is 23.4 Å². The summed E-state index contributed by atoms with van der Waals surface area (Å²) < 4.78 is 19.0. The Morgan fingerprint density at radius 1 is 1.17 bits per heavy atom. The van der Waals surface area contributed by atoms with Gasteiger partial charge < -0.3 is 19.5 Å². The molecule has 0 bridgehead atoms. The van der Waals surface area contributed by atoms with Crippen LogP contribution in [0.4, 0.5) is 5.95 Å². The molecule has 0 aliphatic carbocycles. The number of anilines is 1. The van der Waals surface area contributed by atoms with Gasteiger partial charge in [0.2, 0.25) is 11.1 Å². The number of benzene rings is 2. The number of allylic oxidation sites excluding steroid dienone is 1. The number of halogens is 1. The maximum Gasteiger partial charge on any atom is 0.338 e. The van der Waals surface area contributed by atoms with Crippen molar-refractivity contribution in [1.29, 1.82) is 0 Å². The van der Waals surface area contributed by atoms with Crippen LogP contribution in [0.15, 0.2) is 58.9 Å². The van der Waals surface area contributed by atoms with Crippen LogP contribution in [0.3, 0.4) is 0 Å². The van der Waals surface area contributed by atoms with Crippen molar-refractivity contribution < 1.29 is 19.0 Å². The van der Waals surface area contributed by atoms with E-state index in [9.17, 15) is 4.79 Å². The van der Waals surface area contributed by atoms with Gasteiger partial charge in [-0.25, -0.2) is 9.48 Å². The van der Waals surface area contributed by atoms with Crippen LogP contribution in [0.2, 0.25) is 5.02 Å². The maximum absolute atomic E-state index is 13.1. The lowest BCUT2D eigenvalue weighted by atomic mass is 9.95. The summed E-state index contributed by atoms with van der Waals surface area (Å²) in [6, 6.07) is 12.6. The number of methoxy groups -OCH3 is 1. The summed E-state index contributed by atoms with van der Waals surface area (Å²) in [4.78, 5) is 17.8. The highest BCUT2D eigenvalue weighted by molar-refractivity contribution is 7.99. The number of hydrogen-bond donors (Lipinski definition) is 1. The van der Waals surface area contributed by atoms with Crippen molar-refractivity contribution in [2.24, 2.45) is 0 Å². The van der Waals surface area contributed by atoms with E-state index in [0.29, 0.717) is 52.1 Å². The Hall–Kier alpha value is -3.17. The zero-order valence-corrected chi connectivity index (χ0v) is 22.3. The summed E-state index contributed by atoms with van der Waals surface area (Å²) in [5, 5.41) is 9.21. The third kappa shape index (κ3) is 5.63. The molecule has 190 valence electrons. The van der Waals surface area contributed by atoms with Gasteiger partial charge in [-0.1, -0.05) is 55.4 Å². The molecule has 1 aromatic heterocycles. The third-order valence-corrected chi connectivity index (χ3v) is 6.55. The van der Waals surface area contributed by atoms with Crippen molar-refractivity contribution in [2.45, 2.75) is 45.0 Å². The fraction of sp³-hybridized carbons (Fsp3) is 0.346. The molecule has 4 rings (SSSR count). The molecule has 1 aliphatic rings. The maximum atomic E-state index is 13.1. The van der Waals surface area contributed by atoms with E-state index < -0.39 is 6.04 Å². The number of ether oxygens (including phenoxy) is 3. The molecule has 1 N–H and O–H groups in total. The third-order valence-electron chi connectivity index (χ3n) is 5.57. The van der Waals surface area contributed by atoms with E-state index in [4.69, 9.17) is 25.8 Å². The molecule has 0 spiro atoms.